The molecule has 16 heavy (non-hydrogen) atoms. The summed E-state index contributed by atoms with van der Waals surface area (Å²) in [5.74, 6) is -0.154. The monoisotopic (exact) mass is 278 g/mol. The standard InChI is InChI=1S/C14H12BrF/c1-9-3-5-11(6-4-9)12-7-8-13(15)10(2)14(12)16/h3-8H,1-2H3. The van der Waals surface area contributed by atoms with Gasteiger partial charge in [0.1, 0.15) is 5.82 Å². The Kier molecular flexibility index (Phi) is 3.10. The minimum absolute atomic E-state index is 0.154. The number of aryl methyl sites for hydroxylation is 1. The van der Waals surface area contributed by atoms with E-state index in [1.165, 1.54) is 5.56 Å². The molecule has 2 aromatic carbocycles. The van der Waals surface area contributed by atoms with Gasteiger partial charge < -0.3 is 0 Å². The van der Waals surface area contributed by atoms with Gasteiger partial charge >= 0.3 is 0 Å². The van der Waals surface area contributed by atoms with E-state index in [2.05, 4.69) is 15.9 Å². The van der Waals surface area contributed by atoms with Crippen molar-refractivity contribution in [1.29, 1.82) is 0 Å². The lowest BCUT2D eigenvalue weighted by molar-refractivity contribution is 0.621. The van der Waals surface area contributed by atoms with Crippen LogP contribution in [-0.4, -0.2) is 0 Å². The lowest BCUT2D eigenvalue weighted by Gasteiger charge is -2.07. The molecule has 0 heterocycles. The molecule has 0 spiro atoms. The van der Waals surface area contributed by atoms with Crippen LogP contribution in [0.4, 0.5) is 4.39 Å². The van der Waals surface area contributed by atoms with Crippen LogP contribution in [0.3, 0.4) is 0 Å². The van der Waals surface area contributed by atoms with E-state index in [1.807, 2.05) is 37.3 Å². The molecular weight excluding hydrogens is 267 g/mol. The van der Waals surface area contributed by atoms with E-state index in [0.717, 1.165) is 10.0 Å². The Labute approximate surface area is 103 Å². The average molecular weight is 279 g/mol. The Morgan fingerprint density at radius 2 is 1.56 bits per heavy atom. The molecule has 2 heteroatoms. The zero-order valence-corrected chi connectivity index (χ0v) is 10.8. The lowest BCUT2D eigenvalue weighted by Crippen LogP contribution is -1.89. The van der Waals surface area contributed by atoms with Crippen LogP contribution < -0.4 is 0 Å². The molecule has 0 aromatic heterocycles. The number of halogens is 2. The third-order valence-electron chi connectivity index (χ3n) is 2.68. The highest BCUT2D eigenvalue weighted by Gasteiger charge is 2.09. The molecule has 0 bridgehead atoms. The van der Waals surface area contributed by atoms with Crippen LogP contribution in [-0.2, 0) is 0 Å². The van der Waals surface area contributed by atoms with Crippen molar-refractivity contribution < 1.29 is 4.39 Å². The summed E-state index contributed by atoms with van der Waals surface area (Å²) >= 11 is 3.32. The predicted molar refractivity (Wildman–Crippen MR) is 69.0 cm³/mol. The summed E-state index contributed by atoms with van der Waals surface area (Å²) in [6.45, 7) is 3.80. The van der Waals surface area contributed by atoms with Gasteiger partial charge in [0.15, 0.2) is 0 Å². The largest absolute Gasteiger partial charge is 0.206 e. The molecule has 0 atom stereocenters. The molecule has 0 saturated heterocycles. The summed E-state index contributed by atoms with van der Waals surface area (Å²) in [6.07, 6.45) is 0. The number of rotatable bonds is 1. The molecule has 0 fully saturated rings. The molecule has 0 aliphatic heterocycles. The third kappa shape index (κ3) is 2.03. The van der Waals surface area contributed by atoms with Crippen LogP contribution >= 0.6 is 15.9 Å². The van der Waals surface area contributed by atoms with Gasteiger partial charge in [0.25, 0.3) is 0 Å². The molecule has 0 N–H and O–H groups in total. The van der Waals surface area contributed by atoms with Crippen molar-refractivity contribution in [2.75, 3.05) is 0 Å². The maximum atomic E-state index is 14.0. The molecule has 0 radical (unpaired) electrons. The van der Waals surface area contributed by atoms with Gasteiger partial charge in [0.2, 0.25) is 0 Å². The van der Waals surface area contributed by atoms with Crippen LogP contribution in [0.1, 0.15) is 11.1 Å². The van der Waals surface area contributed by atoms with Crippen LogP contribution in [0.25, 0.3) is 11.1 Å². The van der Waals surface area contributed by atoms with Gasteiger partial charge in [-0.3, -0.25) is 0 Å². The number of benzene rings is 2. The molecule has 2 aromatic rings. The Morgan fingerprint density at radius 1 is 0.938 bits per heavy atom. The van der Waals surface area contributed by atoms with E-state index in [-0.39, 0.29) is 5.82 Å². The molecule has 0 amide bonds. The van der Waals surface area contributed by atoms with E-state index >= 15 is 0 Å². The Bertz CT molecular complexity index is 515. The van der Waals surface area contributed by atoms with Crippen LogP contribution in [0.15, 0.2) is 40.9 Å². The summed E-state index contributed by atoms with van der Waals surface area (Å²) in [5.41, 5.74) is 3.40. The highest BCUT2D eigenvalue weighted by Crippen LogP contribution is 2.29. The van der Waals surface area contributed by atoms with Gasteiger partial charge in [0, 0.05) is 10.0 Å². The quantitative estimate of drug-likeness (QED) is 0.698. The first-order valence-electron chi connectivity index (χ1n) is 5.11. The fourth-order valence-corrected chi connectivity index (χ4v) is 1.92. The van der Waals surface area contributed by atoms with Crippen molar-refractivity contribution in [3.8, 4) is 11.1 Å². The highest BCUT2D eigenvalue weighted by molar-refractivity contribution is 9.10. The van der Waals surface area contributed by atoms with Crippen LogP contribution in [0.5, 0.6) is 0 Å². The normalized spacial score (nSPS) is 10.5. The first kappa shape index (κ1) is 11.3. The summed E-state index contributed by atoms with van der Waals surface area (Å²) in [4.78, 5) is 0. The Balaban J connectivity index is 2.57. The van der Waals surface area contributed by atoms with Gasteiger partial charge in [-0.15, -0.1) is 0 Å². The second-order valence-corrected chi connectivity index (χ2v) is 4.75. The average Bonchev–Trinajstić information content (AvgIpc) is 2.28. The molecule has 0 unspecified atom stereocenters. The van der Waals surface area contributed by atoms with Crippen molar-refractivity contribution in [3.63, 3.8) is 0 Å². The third-order valence-corrected chi connectivity index (χ3v) is 3.54. The fraction of sp³-hybridized carbons (Fsp3) is 0.143. The number of hydrogen-bond donors (Lipinski definition) is 0. The van der Waals surface area contributed by atoms with Crippen molar-refractivity contribution >= 4 is 15.9 Å². The Morgan fingerprint density at radius 3 is 2.19 bits per heavy atom. The predicted octanol–water partition coefficient (Wildman–Crippen LogP) is 4.87. The van der Waals surface area contributed by atoms with E-state index in [0.29, 0.717) is 11.1 Å². The minimum Gasteiger partial charge on any atom is -0.206 e. The van der Waals surface area contributed by atoms with Gasteiger partial charge in [-0.05, 0) is 31.0 Å². The first-order valence-corrected chi connectivity index (χ1v) is 5.90. The van der Waals surface area contributed by atoms with Crippen molar-refractivity contribution in [3.05, 3.63) is 57.8 Å². The SMILES string of the molecule is Cc1ccc(-c2ccc(Br)c(C)c2F)cc1. The molecule has 0 nitrogen and oxygen atoms in total. The molecule has 2 rings (SSSR count). The second kappa shape index (κ2) is 4.38. The van der Waals surface area contributed by atoms with Crippen molar-refractivity contribution in [2.24, 2.45) is 0 Å². The van der Waals surface area contributed by atoms with Gasteiger partial charge in [-0.1, -0.05) is 51.8 Å². The van der Waals surface area contributed by atoms with Crippen molar-refractivity contribution in [1.82, 2.24) is 0 Å². The topological polar surface area (TPSA) is 0 Å². The summed E-state index contributed by atoms with van der Waals surface area (Å²) in [7, 11) is 0. The molecule has 0 saturated carbocycles. The lowest BCUT2D eigenvalue weighted by atomic mass is 10.0. The van der Waals surface area contributed by atoms with Crippen LogP contribution in [0, 0.1) is 19.7 Å². The van der Waals surface area contributed by atoms with Crippen LogP contribution in [0.2, 0.25) is 0 Å². The van der Waals surface area contributed by atoms with Gasteiger partial charge in [0.05, 0.1) is 0 Å². The maximum absolute atomic E-state index is 14.0. The summed E-state index contributed by atoms with van der Waals surface area (Å²) in [6, 6.07) is 11.6. The molecular formula is C14H12BrF. The van der Waals surface area contributed by atoms with Gasteiger partial charge in [-0.25, -0.2) is 4.39 Å². The van der Waals surface area contributed by atoms with Gasteiger partial charge in [-0.2, -0.15) is 0 Å². The van der Waals surface area contributed by atoms with Crippen molar-refractivity contribution in [2.45, 2.75) is 13.8 Å². The highest BCUT2D eigenvalue weighted by atomic mass is 79.9. The minimum atomic E-state index is -0.154. The van der Waals surface area contributed by atoms with E-state index in [4.69, 9.17) is 0 Å². The summed E-state index contributed by atoms with van der Waals surface area (Å²) < 4.78 is 14.8. The van der Waals surface area contributed by atoms with E-state index in [1.54, 1.807) is 13.0 Å². The summed E-state index contributed by atoms with van der Waals surface area (Å²) in [5, 5.41) is 0. The molecule has 0 aliphatic rings. The zero-order chi connectivity index (χ0) is 11.7. The maximum Gasteiger partial charge on any atom is 0.135 e. The number of hydrogen-bond acceptors (Lipinski definition) is 0. The van der Waals surface area contributed by atoms with E-state index < -0.39 is 0 Å². The second-order valence-electron chi connectivity index (χ2n) is 3.90. The fourth-order valence-electron chi connectivity index (χ4n) is 1.62. The first-order chi connectivity index (χ1) is 7.59. The van der Waals surface area contributed by atoms with E-state index in [9.17, 15) is 4.39 Å². The molecule has 82 valence electrons. The molecule has 0 aliphatic carbocycles. The smallest absolute Gasteiger partial charge is 0.135 e. The Hall–Kier alpha value is -1.15. The zero-order valence-electron chi connectivity index (χ0n) is 9.22.